The second-order valence-electron chi connectivity index (χ2n) is 3.24. The number of pyridine rings is 1. The Balaban J connectivity index is 3.47. The molecule has 108 valence electrons. The highest BCUT2D eigenvalue weighted by atomic mass is 19.4. The first-order chi connectivity index (χ1) is 8.58. The van der Waals surface area contributed by atoms with Gasteiger partial charge in [0.25, 0.3) is 0 Å². The Morgan fingerprint density at radius 2 is 1.79 bits per heavy atom. The van der Waals surface area contributed by atoms with Crippen LogP contribution in [-0.2, 0) is 12.7 Å². The van der Waals surface area contributed by atoms with E-state index < -0.39 is 42.0 Å². The van der Waals surface area contributed by atoms with Crippen LogP contribution in [0.15, 0.2) is 6.07 Å². The normalized spacial score (nSPS) is 12.4. The number of alkyl halides is 6. The Labute approximate surface area is 103 Å². The monoisotopic (exact) mass is 290 g/mol. The van der Waals surface area contributed by atoms with Crippen LogP contribution in [0.1, 0.15) is 11.3 Å². The molecule has 0 bridgehead atoms. The van der Waals surface area contributed by atoms with Gasteiger partial charge >= 0.3 is 12.5 Å². The first kappa shape index (κ1) is 15.3. The van der Waals surface area contributed by atoms with Gasteiger partial charge in [-0.3, -0.25) is 0 Å². The quantitative estimate of drug-likeness (QED) is 0.869. The van der Waals surface area contributed by atoms with E-state index in [2.05, 4.69) is 14.5 Å². The van der Waals surface area contributed by atoms with Crippen LogP contribution in [0.4, 0.5) is 26.3 Å². The third kappa shape index (κ3) is 3.88. The summed E-state index contributed by atoms with van der Waals surface area (Å²) in [5.74, 6) is -1.98. The van der Waals surface area contributed by atoms with Crippen molar-refractivity contribution in [3.63, 3.8) is 0 Å². The minimum absolute atomic E-state index is 0.306. The molecule has 0 aliphatic heterocycles. The molecule has 0 radical (unpaired) electrons. The van der Waals surface area contributed by atoms with Crippen LogP contribution in [0.3, 0.4) is 0 Å². The Hall–Kier alpha value is -1.71. The maximum absolute atomic E-state index is 12.7. The van der Waals surface area contributed by atoms with Gasteiger partial charge in [0.15, 0.2) is 5.75 Å². The van der Waals surface area contributed by atoms with Crippen molar-refractivity contribution in [1.29, 1.82) is 0 Å². The van der Waals surface area contributed by atoms with E-state index in [-0.39, 0.29) is 0 Å². The average Bonchev–Trinajstić information content (AvgIpc) is 2.25. The van der Waals surface area contributed by atoms with Crippen LogP contribution < -0.4 is 15.2 Å². The van der Waals surface area contributed by atoms with Crippen molar-refractivity contribution in [2.75, 3.05) is 7.11 Å². The standard InChI is InChI=1S/C9H8F6N2O2/c1-18-6-2-4(8(10,11)12)7(5(3-16)17-6)19-9(13,14)15/h2H,3,16H2,1H3. The topological polar surface area (TPSA) is 57.4 Å². The lowest BCUT2D eigenvalue weighted by Crippen LogP contribution is -2.22. The molecule has 0 aromatic carbocycles. The van der Waals surface area contributed by atoms with Gasteiger partial charge in [-0.1, -0.05) is 0 Å². The molecule has 0 aliphatic carbocycles. The fourth-order valence-corrected chi connectivity index (χ4v) is 1.24. The summed E-state index contributed by atoms with van der Waals surface area (Å²) in [5.41, 5.74) is 2.71. The van der Waals surface area contributed by atoms with Gasteiger partial charge < -0.3 is 15.2 Å². The highest BCUT2D eigenvalue weighted by Gasteiger charge is 2.41. The molecule has 10 heteroatoms. The maximum Gasteiger partial charge on any atom is 0.573 e. The smallest absolute Gasteiger partial charge is 0.481 e. The molecule has 0 saturated heterocycles. The van der Waals surface area contributed by atoms with E-state index in [1.807, 2.05) is 0 Å². The maximum atomic E-state index is 12.7. The van der Waals surface area contributed by atoms with Gasteiger partial charge in [-0.2, -0.15) is 13.2 Å². The van der Waals surface area contributed by atoms with Crippen molar-refractivity contribution in [2.45, 2.75) is 19.1 Å². The summed E-state index contributed by atoms with van der Waals surface area (Å²) in [4.78, 5) is 3.40. The molecule has 1 rings (SSSR count). The minimum Gasteiger partial charge on any atom is -0.481 e. The summed E-state index contributed by atoms with van der Waals surface area (Å²) in [6.07, 6.45) is -10.4. The molecular formula is C9H8F6N2O2. The number of methoxy groups -OCH3 is 1. The Morgan fingerprint density at radius 3 is 2.16 bits per heavy atom. The van der Waals surface area contributed by atoms with E-state index in [0.717, 1.165) is 7.11 Å². The second kappa shape index (κ2) is 5.11. The van der Waals surface area contributed by atoms with Gasteiger partial charge in [0.1, 0.15) is 11.3 Å². The van der Waals surface area contributed by atoms with Crippen molar-refractivity contribution in [3.8, 4) is 11.6 Å². The Kier molecular flexibility index (Phi) is 4.13. The molecule has 1 aromatic rings. The molecule has 0 fully saturated rings. The summed E-state index contributed by atoms with van der Waals surface area (Å²) in [7, 11) is 1.02. The van der Waals surface area contributed by atoms with Crippen LogP contribution in [0.25, 0.3) is 0 Å². The van der Waals surface area contributed by atoms with Gasteiger partial charge in [0, 0.05) is 12.6 Å². The molecule has 0 atom stereocenters. The Bertz CT molecular complexity index is 457. The fourth-order valence-electron chi connectivity index (χ4n) is 1.24. The molecular weight excluding hydrogens is 282 g/mol. The first-order valence-electron chi connectivity index (χ1n) is 4.69. The highest BCUT2D eigenvalue weighted by molar-refractivity contribution is 5.43. The van der Waals surface area contributed by atoms with Crippen molar-refractivity contribution in [1.82, 2.24) is 4.98 Å². The van der Waals surface area contributed by atoms with Gasteiger partial charge in [-0.15, -0.1) is 13.2 Å². The van der Waals surface area contributed by atoms with Crippen LogP contribution in [0.5, 0.6) is 11.6 Å². The summed E-state index contributed by atoms with van der Waals surface area (Å²) in [6.45, 7) is -0.675. The lowest BCUT2D eigenvalue weighted by molar-refractivity contribution is -0.276. The van der Waals surface area contributed by atoms with E-state index >= 15 is 0 Å². The number of ether oxygens (including phenoxy) is 2. The predicted octanol–water partition coefficient (Wildman–Crippen LogP) is 2.47. The van der Waals surface area contributed by atoms with Crippen LogP contribution >= 0.6 is 0 Å². The third-order valence-electron chi connectivity index (χ3n) is 1.95. The largest absolute Gasteiger partial charge is 0.573 e. The predicted molar refractivity (Wildman–Crippen MR) is 50.4 cm³/mol. The lowest BCUT2D eigenvalue weighted by atomic mass is 10.2. The zero-order chi connectivity index (χ0) is 14.8. The number of aromatic nitrogens is 1. The van der Waals surface area contributed by atoms with Gasteiger partial charge in [0.2, 0.25) is 5.88 Å². The van der Waals surface area contributed by atoms with E-state index in [0.29, 0.717) is 6.07 Å². The van der Waals surface area contributed by atoms with Crippen molar-refractivity contribution >= 4 is 0 Å². The molecule has 0 spiro atoms. The molecule has 19 heavy (non-hydrogen) atoms. The van der Waals surface area contributed by atoms with Crippen molar-refractivity contribution < 1.29 is 35.8 Å². The van der Waals surface area contributed by atoms with E-state index in [4.69, 9.17) is 5.73 Å². The summed E-state index contributed by atoms with van der Waals surface area (Å²) >= 11 is 0. The molecule has 0 unspecified atom stereocenters. The molecule has 0 amide bonds. The van der Waals surface area contributed by atoms with Crippen molar-refractivity contribution in [2.24, 2.45) is 5.73 Å². The van der Waals surface area contributed by atoms with E-state index in [1.165, 1.54) is 0 Å². The number of nitrogens with zero attached hydrogens (tertiary/aromatic N) is 1. The zero-order valence-electron chi connectivity index (χ0n) is 9.39. The van der Waals surface area contributed by atoms with Gasteiger partial charge in [0.05, 0.1) is 7.11 Å². The summed E-state index contributed by atoms with van der Waals surface area (Å²) < 4.78 is 82.2. The van der Waals surface area contributed by atoms with E-state index in [9.17, 15) is 26.3 Å². The van der Waals surface area contributed by atoms with Crippen LogP contribution in [-0.4, -0.2) is 18.5 Å². The third-order valence-corrected chi connectivity index (χ3v) is 1.95. The number of rotatable bonds is 3. The second-order valence-corrected chi connectivity index (χ2v) is 3.24. The molecule has 0 aliphatic rings. The van der Waals surface area contributed by atoms with Crippen molar-refractivity contribution in [3.05, 3.63) is 17.3 Å². The summed E-state index contributed by atoms with van der Waals surface area (Å²) in [6, 6.07) is 0.306. The number of hydrogen-bond donors (Lipinski definition) is 1. The molecule has 1 heterocycles. The van der Waals surface area contributed by atoms with Gasteiger partial charge in [-0.05, 0) is 0 Å². The fraction of sp³-hybridized carbons (Fsp3) is 0.444. The molecule has 2 N–H and O–H groups in total. The van der Waals surface area contributed by atoms with E-state index in [1.54, 1.807) is 0 Å². The SMILES string of the molecule is COc1cc(C(F)(F)F)c(OC(F)(F)F)c(CN)n1. The van der Waals surface area contributed by atoms with Crippen LogP contribution in [0, 0.1) is 0 Å². The first-order valence-corrected chi connectivity index (χ1v) is 4.69. The lowest BCUT2D eigenvalue weighted by Gasteiger charge is -2.18. The van der Waals surface area contributed by atoms with Crippen LogP contribution in [0.2, 0.25) is 0 Å². The molecule has 4 nitrogen and oxygen atoms in total. The highest BCUT2D eigenvalue weighted by Crippen LogP contribution is 2.41. The average molecular weight is 290 g/mol. The molecule has 0 saturated carbocycles. The minimum atomic E-state index is -5.29. The number of hydrogen-bond acceptors (Lipinski definition) is 4. The summed E-state index contributed by atoms with van der Waals surface area (Å²) in [5, 5.41) is 0. The zero-order valence-corrected chi connectivity index (χ0v) is 9.39. The number of nitrogens with two attached hydrogens (primary N) is 1. The molecule has 1 aromatic heterocycles. The van der Waals surface area contributed by atoms with Gasteiger partial charge in [-0.25, -0.2) is 4.98 Å². The Morgan fingerprint density at radius 1 is 1.21 bits per heavy atom. The number of halogens is 6.